The molecule has 1 aliphatic heterocycles. The van der Waals surface area contributed by atoms with E-state index in [1.54, 1.807) is 6.20 Å². The summed E-state index contributed by atoms with van der Waals surface area (Å²) in [5, 5.41) is 14.2. The average Bonchev–Trinajstić information content (AvgIpc) is 2.93. The van der Waals surface area contributed by atoms with Crippen molar-refractivity contribution < 1.29 is 9.53 Å². The van der Waals surface area contributed by atoms with Gasteiger partial charge in [0, 0.05) is 30.6 Å². The van der Waals surface area contributed by atoms with E-state index in [9.17, 15) is 4.79 Å². The minimum Gasteiger partial charge on any atom is -0.371 e. The van der Waals surface area contributed by atoms with Gasteiger partial charge in [-0.05, 0) is 32.1 Å². The Morgan fingerprint density at radius 2 is 2.30 bits per heavy atom. The molecule has 2 N–H and O–H groups in total. The summed E-state index contributed by atoms with van der Waals surface area (Å²) < 4.78 is 7.84. The highest BCUT2D eigenvalue weighted by molar-refractivity contribution is 5.95. The van der Waals surface area contributed by atoms with Crippen LogP contribution in [0.4, 0.5) is 0 Å². The van der Waals surface area contributed by atoms with E-state index < -0.39 is 0 Å². The molecular formula is C16H21N5O2. The zero-order valence-corrected chi connectivity index (χ0v) is 13.2. The smallest absolute Gasteiger partial charge is 0.255 e. The van der Waals surface area contributed by atoms with E-state index >= 15 is 0 Å². The molecule has 1 amide bonds. The lowest BCUT2D eigenvalue weighted by molar-refractivity contribution is 0.0821. The van der Waals surface area contributed by atoms with Crippen LogP contribution >= 0.6 is 0 Å². The largest absolute Gasteiger partial charge is 0.371 e. The topological polar surface area (TPSA) is 84.8 Å². The number of nitrogens with zero attached hydrogens (tertiary/aromatic N) is 3. The van der Waals surface area contributed by atoms with E-state index in [0.717, 1.165) is 30.1 Å². The highest BCUT2D eigenvalue weighted by atomic mass is 16.5. The van der Waals surface area contributed by atoms with Crippen molar-refractivity contribution >= 4 is 5.91 Å². The second-order valence-electron chi connectivity index (χ2n) is 6.51. The van der Waals surface area contributed by atoms with Crippen LogP contribution in [-0.2, 0) is 11.3 Å². The molecule has 0 unspecified atom stereocenters. The molecule has 0 spiro atoms. The highest BCUT2D eigenvalue weighted by Crippen LogP contribution is 2.32. The van der Waals surface area contributed by atoms with E-state index in [0.29, 0.717) is 12.2 Å². The Bertz CT molecular complexity index is 703. The normalized spacial score (nSPS) is 24.0. The number of aryl methyl sites for hydroxylation is 1. The highest BCUT2D eigenvalue weighted by Gasteiger charge is 2.33. The van der Waals surface area contributed by atoms with Gasteiger partial charge in [0.1, 0.15) is 6.10 Å². The summed E-state index contributed by atoms with van der Waals surface area (Å²) in [5.74, 6) is 0.675. The van der Waals surface area contributed by atoms with E-state index in [1.165, 1.54) is 12.8 Å². The second kappa shape index (κ2) is 5.81. The van der Waals surface area contributed by atoms with Crippen LogP contribution in [0.25, 0.3) is 0 Å². The summed E-state index contributed by atoms with van der Waals surface area (Å²) in [4.78, 5) is 12.4. The first-order valence-corrected chi connectivity index (χ1v) is 8.15. The summed E-state index contributed by atoms with van der Waals surface area (Å²) in [6.07, 6.45) is 8.76. The number of aromatic nitrogens is 4. The van der Waals surface area contributed by atoms with Gasteiger partial charge in [0.05, 0.1) is 24.0 Å². The number of carbonyl (C=O) groups excluding carboxylic acids is 1. The molecule has 3 heterocycles. The molecule has 2 fully saturated rings. The number of ether oxygens (including phenoxy) is 1. The van der Waals surface area contributed by atoms with Gasteiger partial charge in [-0.2, -0.15) is 10.2 Å². The Morgan fingerprint density at radius 1 is 1.43 bits per heavy atom. The number of rotatable bonds is 5. The fraction of sp³-hybridized carbons (Fsp3) is 0.562. The lowest BCUT2D eigenvalue weighted by Crippen LogP contribution is -2.36. The lowest BCUT2D eigenvalue weighted by Gasteiger charge is -2.18. The van der Waals surface area contributed by atoms with Gasteiger partial charge in [0.2, 0.25) is 0 Å². The number of H-pyrrole nitrogens is 1. The molecule has 2 aliphatic rings. The van der Waals surface area contributed by atoms with E-state index in [-0.39, 0.29) is 18.1 Å². The van der Waals surface area contributed by atoms with Crippen molar-refractivity contribution in [2.24, 2.45) is 5.92 Å². The van der Waals surface area contributed by atoms with Crippen LogP contribution in [0.2, 0.25) is 0 Å². The molecule has 2 aromatic heterocycles. The third-order valence-corrected chi connectivity index (χ3v) is 4.61. The maximum Gasteiger partial charge on any atom is 0.255 e. The second-order valence-corrected chi connectivity index (χ2v) is 6.51. The molecule has 7 nitrogen and oxygen atoms in total. The summed E-state index contributed by atoms with van der Waals surface area (Å²) >= 11 is 0. The molecule has 122 valence electrons. The molecule has 1 saturated carbocycles. The van der Waals surface area contributed by atoms with E-state index in [2.05, 4.69) is 26.8 Å². The Balaban J connectivity index is 1.44. The van der Waals surface area contributed by atoms with Gasteiger partial charge in [-0.15, -0.1) is 0 Å². The molecule has 0 radical (unpaired) electrons. The zero-order valence-electron chi connectivity index (χ0n) is 13.2. The number of amides is 1. The molecule has 1 saturated heterocycles. The van der Waals surface area contributed by atoms with Gasteiger partial charge in [-0.25, -0.2) is 0 Å². The van der Waals surface area contributed by atoms with Crippen molar-refractivity contribution in [2.45, 2.75) is 44.9 Å². The third kappa shape index (κ3) is 3.01. The number of carbonyl (C=O) groups is 1. The number of nitrogens with one attached hydrogen (secondary N) is 2. The maximum atomic E-state index is 12.4. The van der Waals surface area contributed by atoms with Gasteiger partial charge in [0.15, 0.2) is 0 Å². The fourth-order valence-electron chi connectivity index (χ4n) is 3.08. The minimum absolute atomic E-state index is 0.0321. The predicted octanol–water partition coefficient (Wildman–Crippen LogP) is 1.58. The van der Waals surface area contributed by atoms with Gasteiger partial charge < -0.3 is 10.1 Å². The van der Waals surface area contributed by atoms with Crippen LogP contribution < -0.4 is 5.32 Å². The van der Waals surface area contributed by atoms with Crippen molar-refractivity contribution in [1.29, 1.82) is 0 Å². The van der Waals surface area contributed by atoms with Crippen LogP contribution in [0.3, 0.4) is 0 Å². The first kappa shape index (κ1) is 14.4. The van der Waals surface area contributed by atoms with Crippen LogP contribution in [0.5, 0.6) is 0 Å². The Hall–Kier alpha value is -2.15. The number of hydrogen-bond donors (Lipinski definition) is 2. The first-order chi connectivity index (χ1) is 11.2. The summed E-state index contributed by atoms with van der Waals surface area (Å²) in [6, 6.07) is -0.0321. The minimum atomic E-state index is -0.126. The van der Waals surface area contributed by atoms with Gasteiger partial charge in [-0.1, -0.05) is 0 Å². The van der Waals surface area contributed by atoms with Crippen LogP contribution in [0.1, 0.15) is 47.0 Å². The maximum absolute atomic E-state index is 12.4. The Labute approximate surface area is 134 Å². The quantitative estimate of drug-likeness (QED) is 0.877. The zero-order chi connectivity index (χ0) is 15.8. The summed E-state index contributed by atoms with van der Waals surface area (Å²) in [5.41, 5.74) is 2.40. The molecule has 1 aliphatic carbocycles. The van der Waals surface area contributed by atoms with Crippen molar-refractivity contribution in [3.8, 4) is 0 Å². The molecule has 23 heavy (non-hydrogen) atoms. The SMILES string of the molecule is Cc1[nH]ncc1C(=O)N[C@H]1CCO[C@@H]1c1cnn(CC2CC2)c1. The van der Waals surface area contributed by atoms with Crippen molar-refractivity contribution in [1.82, 2.24) is 25.3 Å². The van der Waals surface area contributed by atoms with Gasteiger partial charge in [0.25, 0.3) is 5.91 Å². The third-order valence-electron chi connectivity index (χ3n) is 4.61. The monoisotopic (exact) mass is 315 g/mol. The molecular weight excluding hydrogens is 294 g/mol. The number of hydrogen-bond acceptors (Lipinski definition) is 4. The predicted molar refractivity (Wildman–Crippen MR) is 82.8 cm³/mol. The molecule has 2 atom stereocenters. The molecule has 7 heteroatoms. The average molecular weight is 315 g/mol. The Kier molecular flexibility index (Phi) is 3.65. The molecule has 0 bridgehead atoms. The van der Waals surface area contributed by atoms with E-state index in [1.807, 2.05) is 17.8 Å². The first-order valence-electron chi connectivity index (χ1n) is 8.15. The molecule has 0 aromatic carbocycles. The lowest BCUT2D eigenvalue weighted by atomic mass is 10.0. The molecule has 2 aromatic rings. The van der Waals surface area contributed by atoms with Crippen molar-refractivity contribution in [3.63, 3.8) is 0 Å². The van der Waals surface area contributed by atoms with Gasteiger partial charge >= 0.3 is 0 Å². The molecule has 4 rings (SSSR count). The van der Waals surface area contributed by atoms with Crippen LogP contribution in [-0.4, -0.2) is 38.5 Å². The standard InChI is InChI=1S/C16H21N5O2/c1-10-13(7-17-20-10)16(22)19-14-4-5-23-15(14)12-6-18-21(9-12)8-11-2-3-11/h6-7,9,11,14-15H,2-5,8H2,1H3,(H,17,20)(H,19,22)/t14-,15+/m0/s1. The van der Waals surface area contributed by atoms with Crippen molar-refractivity contribution in [2.75, 3.05) is 6.61 Å². The van der Waals surface area contributed by atoms with E-state index in [4.69, 9.17) is 4.74 Å². The van der Waals surface area contributed by atoms with Crippen LogP contribution in [0.15, 0.2) is 18.6 Å². The van der Waals surface area contributed by atoms with Gasteiger partial charge in [-0.3, -0.25) is 14.6 Å². The fourth-order valence-corrected chi connectivity index (χ4v) is 3.08. The van der Waals surface area contributed by atoms with Crippen LogP contribution in [0, 0.1) is 12.8 Å². The summed E-state index contributed by atoms with van der Waals surface area (Å²) in [6.45, 7) is 3.47. The summed E-state index contributed by atoms with van der Waals surface area (Å²) in [7, 11) is 0. The van der Waals surface area contributed by atoms with Crippen molar-refractivity contribution in [3.05, 3.63) is 35.4 Å². The number of aromatic amines is 1. The Morgan fingerprint density at radius 3 is 3.04 bits per heavy atom.